The molecule has 1 fully saturated rings. The van der Waals surface area contributed by atoms with Gasteiger partial charge in [0.1, 0.15) is 0 Å². The lowest BCUT2D eigenvalue weighted by Crippen LogP contribution is -2.38. The summed E-state index contributed by atoms with van der Waals surface area (Å²) in [5.41, 5.74) is 1.20. The van der Waals surface area contributed by atoms with Crippen LogP contribution in [0.2, 0.25) is 0 Å². The van der Waals surface area contributed by atoms with Gasteiger partial charge < -0.3 is 9.47 Å². The topological polar surface area (TPSA) is 35.5 Å². The third-order valence-electron chi connectivity index (χ3n) is 3.21. The van der Waals surface area contributed by atoms with Crippen LogP contribution in [0.3, 0.4) is 0 Å². The van der Waals surface area contributed by atoms with Gasteiger partial charge in [-0.25, -0.2) is 0 Å². The zero-order valence-corrected chi connectivity index (χ0v) is 10.1. The predicted octanol–water partition coefficient (Wildman–Crippen LogP) is 2.46. The van der Waals surface area contributed by atoms with Crippen molar-refractivity contribution in [1.82, 2.24) is 0 Å². The highest BCUT2D eigenvalue weighted by atomic mass is 16.7. The molecule has 90 valence electrons. The second kappa shape index (κ2) is 4.68. The summed E-state index contributed by atoms with van der Waals surface area (Å²) in [7, 11) is 0. The zero-order chi connectivity index (χ0) is 11.6. The van der Waals surface area contributed by atoms with Crippen molar-refractivity contribution in [3.8, 4) is 0 Å². The third kappa shape index (κ3) is 2.71. The van der Waals surface area contributed by atoms with E-state index in [4.69, 9.17) is 9.47 Å². The normalized spacial score (nSPS) is 23.6. The van der Waals surface area contributed by atoms with Crippen molar-refractivity contribution >= 4 is 5.78 Å². The van der Waals surface area contributed by atoms with Gasteiger partial charge in [0.05, 0.1) is 13.2 Å². The van der Waals surface area contributed by atoms with Crippen LogP contribution < -0.4 is 0 Å². The number of carbonyl (C=O) groups is 1. The van der Waals surface area contributed by atoms with Crippen LogP contribution in [0.5, 0.6) is 0 Å². The summed E-state index contributed by atoms with van der Waals surface area (Å²) in [5.74, 6) is 0.260. The molecule has 0 aromatic heterocycles. The predicted molar refractivity (Wildman–Crippen MR) is 61.0 cm³/mol. The molecule has 2 aliphatic rings. The van der Waals surface area contributed by atoms with E-state index in [2.05, 4.69) is 13.8 Å². The molecule has 3 heteroatoms. The first kappa shape index (κ1) is 11.8. The highest BCUT2D eigenvalue weighted by molar-refractivity contribution is 5.92. The number of ketones is 1. The SMILES string of the molecule is CC(C)(CC1=CC(=O)CC1)C1OCCCO1. The Kier molecular flexibility index (Phi) is 3.45. The molecule has 0 N–H and O–H groups in total. The fraction of sp³-hybridized carbons (Fsp3) is 0.769. The minimum Gasteiger partial charge on any atom is -0.352 e. The molecule has 0 atom stereocenters. The molecule has 1 aliphatic carbocycles. The molecule has 0 radical (unpaired) electrons. The first-order valence-corrected chi connectivity index (χ1v) is 6.03. The van der Waals surface area contributed by atoms with Crippen LogP contribution in [-0.2, 0) is 14.3 Å². The molecule has 1 aliphatic heterocycles. The van der Waals surface area contributed by atoms with E-state index >= 15 is 0 Å². The van der Waals surface area contributed by atoms with Gasteiger partial charge in [0, 0.05) is 11.8 Å². The fourth-order valence-corrected chi connectivity index (χ4v) is 2.40. The van der Waals surface area contributed by atoms with Crippen molar-refractivity contribution in [1.29, 1.82) is 0 Å². The third-order valence-corrected chi connectivity index (χ3v) is 3.21. The first-order chi connectivity index (χ1) is 7.58. The summed E-state index contributed by atoms with van der Waals surface area (Å²) in [4.78, 5) is 11.2. The second-order valence-electron chi connectivity index (χ2n) is 5.36. The lowest BCUT2D eigenvalue weighted by atomic mass is 9.84. The van der Waals surface area contributed by atoms with Gasteiger partial charge in [-0.15, -0.1) is 0 Å². The van der Waals surface area contributed by atoms with E-state index in [1.807, 2.05) is 0 Å². The molecule has 2 rings (SSSR count). The largest absolute Gasteiger partial charge is 0.352 e. The lowest BCUT2D eigenvalue weighted by Gasteiger charge is -2.36. The summed E-state index contributed by atoms with van der Waals surface area (Å²) in [6.45, 7) is 5.86. The monoisotopic (exact) mass is 224 g/mol. The van der Waals surface area contributed by atoms with E-state index in [9.17, 15) is 4.79 Å². The van der Waals surface area contributed by atoms with Gasteiger partial charge >= 0.3 is 0 Å². The molecule has 0 aromatic rings. The summed E-state index contributed by atoms with van der Waals surface area (Å²) in [6, 6.07) is 0. The van der Waals surface area contributed by atoms with Gasteiger partial charge in [0.25, 0.3) is 0 Å². The molecule has 0 spiro atoms. The van der Waals surface area contributed by atoms with E-state index < -0.39 is 0 Å². The standard InChI is InChI=1S/C13H20O3/c1-13(2,12-15-6-3-7-16-12)9-10-4-5-11(14)8-10/h8,12H,3-7,9H2,1-2H3. The number of rotatable bonds is 3. The van der Waals surface area contributed by atoms with Crippen molar-refractivity contribution < 1.29 is 14.3 Å². The van der Waals surface area contributed by atoms with Gasteiger partial charge in [-0.3, -0.25) is 4.79 Å². The van der Waals surface area contributed by atoms with E-state index in [-0.39, 0.29) is 17.5 Å². The minimum absolute atomic E-state index is 0.0448. The van der Waals surface area contributed by atoms with Crippen LogP contribution in [0.1, 0.15) is 39.5 Å². The number of carbonyl (C=O) groups excluding carboxylic acids is 1. The van der Waals surface area contributed by atoms with Crippen molar-refractivity contribution in [2.24, 2.45) is 5.41 Å². The second-order valence-corrected chi connectivity index (χ2v) is 5.36. The first-order valence-electron chi connectivity index (χ1n) is 6.03. The molecule has 0 amide bonds. The van der Waals surface area contributed by atoms with E-state index in [1.165, 1.54) is 5.57 Å². The van der Waals surface area contributed by atoms with E-state index in [0.717, 1.165) is 32.5 Å². The molecule has 16 heavy (non-hydrogen) atoms. The Morgan fingerprint density at radius 1 is 1.31 bits per heavy atom. The lowest BCUT2D eigenvalue weighted by molar-refractivity contribution is -0.228. The molecule has 0 bridgehead atoms. The van der Waals surface area contributed by atoms with Crippen LogP contribution in [-0.4, -0.2) is 25.3 Å². The number of allylic oxidation sites excluding steroid dienone is 2. The van der Waals surface area contributed by atoms with Crippen LogP contribution in [0.4, 0.5) is 0 Å². The smallest absolute Gasteiger partial charge is 0.162 e. The van der Waals surface area contributed by atoms with Gasteiger partial charge in [-0.1, -0.05) is 19.4 Å². The molecule has 0 aromatic carbocycles. The van der Waals surface area contributed by atoms with E-state index in [0.29, 0.717) is 6.42 Å². The number of ether oxygens (including phenoxy) is 2. The maximum Gasteiger partial charge on any atom is 0.162 e. The molecule has 3 nitrogen and oxygen atoms in total. The van der Waals surface area contributed by atoms with Crippen molar-refractivity contribution in [2.75, 3.05) is 13.2 Å². The molecule has 0 saturated carbocycles. The summed E-state index contributed by atoms with van der Waals surface area (Å²) >= 11 is 0. The van der Waals surface area contributed by atoms with Crippen LogP contribution in [0, 0.1) is 5.41 Å². The average molecular weight is 224 g/mol. The van der Waals surface area contributed by atoms with Crippen LogP contribution in [0.25, 0.3) is 0 Å². The van der Waals surface area contributed by atoms with Crippen molar-refractivity contribution in [3.05, 3.63) is 11.6 Å². The number of hydrogen-bond donors (Lipinski definition) is 0. The van der Waals surface area contributed by atoms with Gasteiger partial charge in [-0.2, -0.15) is 0 Å². The Morgan fingerprint density at radius 3 is 2.56 bits per heavy atom. The van der Waals surface area contributed by atoms with E-state index in [1.54, 1.807) is 6.08 Å². The Hall–Kier alpha value is -0.670. The molecule has 1 heterocycles. The van der Waals surface area contributed by atoms with Gasteiger partial charge in [0.2, 0.25) is 0 Å². The average Bonchev–Trinajstić information content (AvgIpc) is 2.64. The summed E-state index contributed by atoms with van der Waals surface area (Å²) in [6.07, 6.45) is 5.13. The van der Waals surface area contributed by atoms with Crippen molar-refractivity contribution in [2.45, 2.75) is 45.8 Å². The minimum atomic E-state index is -0.127. The summed E-state index contributed by atoms with van der Waals surface area (Å²) in [5, 5.41) is 0. The zero-order valence-electron chi connectivity index (χ0n) is 10.1. The molecular weight excluding hydrogens is 204 g/mol. The van der Waals surface area contributed by atoms with Crippen LogP contribution >= 0.6 is 0 Å². The molecule has 0 unspecified atom stereocenters. The van der Waals surface area contributed by atoms with Crippen LogP contribution in [0.15, 0.2) is 11.6 Å². The van der Waals surface area contributed by atoms with Crippen molar-refractivity contribution in [3.63, 3.8) is 0 Å². The number of hydrogen-bond acceptors (Lipinski definition) is 3. The Balaban J connectivity index is 1.95. The molecular formula is C13H20O3. The Morgan fingerprint density at radius 2 is 2.00 bits per heavy atom. The van der Waals surface area contributed by atoms with Gasteiger partial charge in [-0.05, 0) is 25.3 Å². The highest BCUT2D eigenvalue weighted by Gasteiger charge is 2.34. The fourth-order valence-electron chi connectivity index (χ4n) is 2.40. The Bertz CT molecular complexity index is 298. The maximum atomic E-state index is 11.2. The molecule has 1 saturated heterocycles. The summed E-state index contributed by atoms with van der Waals surface area (Å²) < 4.78 is 11.3. The Labute approximate surface area is 96.8 Å². The highest BCUT2D eigenvalue weighted by Crippen LogP contribution is 2.36. The quantitative estimate of drug-likeness (QED) is 0.738. The van der Waals surface area contributed by atoms with Gasteiger partial charge in [0.15, 0.2) is 12.1 Å². The maximum absolute atomic E-state index is 11.2.